The summed E-state index contributed by atoms with van der Waals surface area (Å²) < 4.78 is 10.9. The molecule has 0 radical (unpaired) electrons. The van der Waals surface area contributed by atoms with Crippen molar-refractivity contribution in [3.63, 3.8) is 0 Å². The minimum atomic E-state index is -1.05. The Morgan fingerprint density at radius 3 is 2.24 bits per heavy atom. The highest BCUT2D eigenvalue weighted by Gasteiger charge is 2.52. The van der Waals surface area contributed by atoms with Crippen molar-refractivity contribution in [3.8, 4) is 11.1 Å². The van der Waals surface area contributed by atoms with Crippen LogP contribution in [0.3, 0.4) is 0 Å². The maximum absolute atomic E-state index is 12.7. The lowest BCUT2D eigenvalue weighted by Crippen LogP contribution is -2.49. The number of benzene rings is 2. The zero-order valence-electron chi connectivity index (χ0n) is 18.7. The predicted octanol–water partition coefficient (Wildman–Crippen LogP) is 3.05. The minimum absolute atomic E-state index is 0.0399. The van der Waals surface area contributed by atoms with Crippen molar-refractivity contribution in [2.24, 2.45) is 0 Å². The average Bonchev–Trinajstić information content (AvgIpc) is 3.34. The molecule has 0 aliphatic heterocycles. The van der Waals surface area contributed by atoms with E-state index in [2.05, 4.69) is 10.6 Å². The fourth-order valence-corrected chi connectivity index (χ4v) is 4.37. The molecule has 2 aromatic rings. The van der Waals surface area contributed by atoms with E-state index < -0.39 is 29.6 Å². The van der Waals surface area contributed by atoms with Crippen LogP contribution in [0.5, 0.6) is 0 Å². The van der Waals surface area contributed by atoms with Crippen LogP contribution in [0, 0.1) is 0 Å². The lowest BCUT2D eigenvalue weighted by atomic mass is 9.98. The molecule has 174 valence electrons. The average molecular weight is 453 g/mol. The molecule has 3 atom stereocenters. The highest BCUT2D eigenvalue weighted by molar-refractivity contribution is 5.87. The molecule has 0 aromatic heterocycles. The van der Waals surface area contributed by atoms with Gasteiger partial charge in [0.2, 0.25) is 5.91 Å². The Kier molecular flexibility index (Phi) is 6.37. The van der Waals surface area contributed by atoms with Crippen LogP contribution in [0.15, 0.2) is 48.5 Å². The zero-order chi connectivity index (χ0) is 23.6. The number of nitrogens with one attached hydrogen (secondary N) is 2. The second-order valence-electron chi connectivity index (χ2n) is 8.74. The van der Waals surface area contributed by atoms with Crippen molar-refractivity contribution in [1.29, 1.82) is 0 Å². The molecule has 2 aromatic carbocycles. The van der Waals surface area contributed by atoms with Gasteiger partial charge in [-0.2, -0.15) is 0 Å². The number of carbonyl (C=O) groups excluding carboxylic acids is 2. The molecule has 4 rings (SSSR count). The molecule has 0 bridgehead atoms. The predicted molar refractivity (Wildman–Crippen MR) is 121 cm³/mol. The number of ether oxygens (including phenoxy) is 2. The number of hydrogen-bond donors (Lipinski definition) is 3. The summed E-state index contributed by atoms with van der Waals surface area (Å²) in [5.74, 6) is -1.60. The SMILES string of the molecule is COC1(C)CC1NC(=O)C(CCC(=O)O)NC(=O)OCC1c2ccccc2-c2ccccc21. The van der Waals surface area contributed by atoms with Gasteiger partial charge in [0.15, 0.2) is 0 Å². The quantitative estimate of drug-likeness (QED) is 0.539. The Hall–Kier alpha value is -3.39. The van der Waals surface area contributed by atoms with Crippen LogP contribution in [-0.2, 0) is 19.1 Å². The molecule has 2 amide bonds. The van der Waals surface area contributed by atoms with E-state index in [1.54, 1.807) is 7.11 Å². The summed E-state index contributed by atoms with van der Waals surface area (Å²) >= 11 is 0. The van der Waals surface area contributed by atoms with Crippen LogP contribution in [-0.4, -0.2) is 54.5 Å². The summed E-state index contributed by atoms with van der Waals surface area (Å²) in [4.78, 5) is 36.3. The van der Waals surface area contributed by atoms with Gasteiger partial charge in [0, 0.05) is 25.9 Å². The van der Waals surface area contributed by atoms with Crippen LogP contribution in [0.25, 0.3) is 11.1 Å². The van der Waals surface area contributed by atoms with Gasteiger partial charge in [0.25, 0.3) is 0 Å². The summed E-state index contributed by atoms with van der Waals surface area (Å²) in [7, 11) is 1.57. The lowest BCUT2D eigenvalue weighted by molar-refractivity contribution is -0.137. The highest BCUT2D eigenvalue weighted by Crippen LogP contribution is 2.44. The van der Waals surface area contributed by atoms with E-state index in [4.69, 9.17) is 14.6 Å². The number of carboxylic acids is 1. The van der Waals surface area contributed by atoms with Crippen LogP contribution < -0.4 is 10.6 Å². The van der Waals surface area contributed by atoms with Gasteiger partial charge < -0.3 is 25.2 Å². The Balaban J connectivity index is 1.39. The normalized spacial score (nSPS) is 21.5. The summed E-state index contributed by atoms with van der Waals surface area (Å²) in [5.41, 5.74) is 3.97. The van der Waals surface area contributed by atoms with Crippen LogP contribution >= 0.6 is 0 Å². The number of methoxy groups -OCH3 is 1. The van der Waals surface area contributed by atoms with Crippen molar-refractivity contribution in [1.82, 2.24) is 10.6 Å². The monoisotopic (exact) mass is 452 g/mol. The summed E-state index contributed by atoms with van der Waals surface area (Å²) in [5, 5.41) is 14.4. The summed E-state index contributed by atoms with van der Waals surface area (Å²) in [6.07, 6.45) is -0.394. The summed E-state index contributed by atoms with van der Waals surface area (Å²) in [6, 6.07) is 14.8. The molecular weight excluding hydrogens is 424 g/mol. The number of rotatable bonds is 9. The van der Waals surface area contributed by atoms with Gasteiger partial charge in [-0.25, -0.2) is 4.79 Å². The minimum Gasteiger partial charge on any atom is -0.481 e. The van der Waals surface area contributed by atoms with E-state index in [0.717, 1.165) is 22.3 Å². The second kappa shape index (κ2) is 9.23. The van der Waals surface area contributed by atoms with Crippen molar-refractivity contribution in [2.45, 2.75) is 49.8 Å². The molecule has 1 saturated carbocycles. The molecule has 0 spiro atoms. The Labute approximate surface area is 192 Å². The first-order chi connectivity index (χ1) is 15.8. The topological polar surface area (TPSA) is 114 Å². The molecule has 8 heteroatoms. The Bertz CT molecular complexity index is 1020. The van der Waals surface area contributed by atoms with E-state index in [1.807, 2.05) is 55.5 Å². The fourth-order valence-electron chi connectivity index (χ4n) is 4.37. The smallest absolute Gasteiger partial charge is 0.407 e. The molecule has 3 unspecified atom stereocenters. The van der Waals surface area contributed by atoms with Gasteiger partial charge in [0.1, 0.15) is 12.6 Å². The van der Waals surface area contributed by atoms with Crippen molar-refractivity contribution >= 4 is 18.0 Å². The molecular formula is C25H28N2O6. The standard InChI is InChI=1S/C25H28N2O6/c1-25(32-2)13-21(25)27-23(30)20(11-12-22(28)29)26-24(31)33-14-19-17-9-5-3-7-15(17)16-8-4-6-10-18(16)19/h3-10,19-21H,11-14H2,1-2H3,(H,26,31)(H,27,30)(H,28,29). The summed E-state index contributed by atoms with van der Waals surface area (Å²) in [6.45, 7) is 1.99. The van der Waals surface area contributed by atoms with Crippen molar-refractivity contribution < 1.29 is 29.0 Å². The van der Waals surface area contributed by atoms with Crippen molar-refractivity contribution in [3.05, 3.63) is 59.7 Å². The Morgan fingerprint density at radius 2 is 1.70 bits per heavy atom. The van der Waals surface area contributed by atoms with Crippen LogP contribution in [0.2, 0.25) is 0 Å². The number of fused-ring (bicyclic) bond motifs is 3. The third kappa shape index (κ3) is 4.85. The number of hydrogen-bond acceptors (Lipinski definition) is 5. The number of aliphatic carboxylic acids is 1. The van der Waals surface area contributed by atoms with Gasteiger partial charge in [0.05, 0.1) is 11.6 Å². The molecule has 2 aliphatic carbocycles. The maximum Gasteiger partial charge on any atom is 0.407 e. The molecule has 0 saturated heterocycles. The van der Waals surface area contributed by atoms with Gasteiger partial charge in [-0.05, 0) is 35.6 Å². The molecule has 0 heterocycles. The number of carbonyl (C=O) groups is 3. The fraction of sp³-hybridized carbons (Fsp3) is 0.400. The molecule has 8 nitrogen and oxygen atoms in total. The van der Waals surface area contributed by atoms with Crippen LogP contribution in [0.1, 0.15) is 43.2 Å². The number of carboxylic acid groups (broad SMARTS) is 1. The van der Waals surface area contributed by atoms with Gasteiger partial charge in [-0.15, -0.1) is 0 Å². The van der Waals surface area contributed by atoms with E-state index in [1.165, 1.54) is 0 Å². The first-order valence-electron chi connectivity index (χ1n) is 11.0. The van der Waals surface area contributed by atoms with Gasteiger partial charge >= 0.3 is 12.1 Å². The zero-order valence-corrected chi connectivity index (χ0v) is 18.7. The third-order valence-electron chi connectivity index (χ3n) is 6.57. The second-order valence-corrected chi connectivity index (χ2v) is 8.74. The first kappa shape index (κ1) is 22.8. The third-order valence-corrected chi connectivity index (χ3v) is 6.57. The van der Waals surface area contributed by atoms with Crippen molar-refractivity contribution in [2.75, 3.05) is 13.7 Å². The van der Waals surface area contributed by atoms with Gasteiger partial charge in [-0.1, -0.05) is 48.5 Å². The van der Waals surface area contributed by atoms with Gasteiger partial charge in [-0.3, -0.25) is 9.59 Å². The molecule has 1 fully saturated rings. The number of alkyl carbamates (subject to hydrolysis) is 1. The molecule has 2 aliphatic rings. The highest BCUT2D eigenvalue weighted by atomic mass is 16.5. The first-order valence-corrected chi connectivity index (χ1v) is 11.0. The largest absolute Gasteiger partial charge is 0.481 e. The molecule has 3 N–H and O–H groups in total. The van der Waals surface area contributed by atoms with E-state index in [0.29, 0.717) is 6.42 Å². The lowest BCUT2D eigenvalue weighted by Gasteiger charge is -2.20. The maximum atomic E-state index is 12.7. The van der Waals surface area contributed by atoms with Crippen LogP contribution in [0.4, 0.5) is 4.79 Å². The van der Waals surface area contributed by atoms with E-state index in [-0.39, 0.29) is 31.4 Å². The van der Waals surface area contributed by atoms with E-state index in [9.17, 15) is 14.4 Å². The molecule has 33 heavy (non-hydrogen) atoms. The Morgan fingerprint density at radius 1 is 1.09 bits per heavy atom. The number of amides is 2. The van der Waals surface area contributed by atoms with E-state index >= 15 is 0 Å².